The minimum Gasteiger partial charge on any atom is -0.380 e. The summed E-state index contributed by atoms with van der Waals surface area (Å²) in [6.45, 7) is 8.17. The summed E-state index contributed by atoms with van der Waals surface area (Å²) in [7, 11) is 0. The average molecular weight is 257 g/mol. The van der Waals surface area contributed by atoms with E-state index in [1.54, 1.807) is 6.07 Å². The Kier molecular flexibility index (Phi) is 2.69. The Labute approximate surface area is 105 Å². The molecule has 4 heteroatoms. The van der Waals surface area contributed by atoms with Gasteiger partial charge >= 0.3 is 6.18 Å². The van der Waals surface area contributed by atoms with Crippen molar-refractivity contribution in [1.82, 2.24) is 0 Å². The predicted molar refractivity (Wildman–Crippen MR) is 66.8 cm³/mol. The maximum atomic E-state index is 12.7. The molecule has 0 atom stereocenters. The van der Waals surface area contributed by atoms with Crippen molar-refractivity contribution in [2.24, 2.45) is 0 Å². The van der Waals surface area contributed by atoms with E-state index in [1.165, 1.54) is 12.1 Å². The highest BCUT2D eigenvalue weighted by Gasteiger charge is 2.39. The third-order valence-electron chi connectivity index (χ3n) is 3.43. The lowest BCUT2D eigenvalue weighted by molar-refractivity contribution is -0.137. The van der Waals surface area contributed by atoms with Crippen LogP contribution >= 0.6 is 0 Å². The van der Waals surface area contributed by atoms with Crippen LogP contribution in [0.3, 0.4) is 0 Å². The van der Waals surface area contributed by atoms with Crippen molar-refractivity contribution in [3.8, 4) is 0 Å². The summed E-state index contributed by atoms with van der Waals surface area (Å²) in [6, 6.07) is 3.99. The second-order valence-corrected chi connectivity index (χ2v) is 6.33. The summed E-state index contributed by atoms with van der Waals surface area (Å²) in [5, 5.41) is 3.20. The van der Waals surface area contributed by atoms with Gasteiger partial charge in [0, 0.05) is 11.2 Å². The van der Waals surface area contributed by atoms with E-state index in [9.17, 15) is 13.2 Å². The SMILES string of the molecule is CC1(C)CC(C)(C)c2ccc(C(F)(F)F)cc2N1. The molecule has 100 valence electrons. The Morgan fingerprint density at radius 2 is 1.72 bits per heavy atom. The number of alkyl halides is 3. The van der Waals surface area contributed by atoms with Crippen LogP contribution in [0.4, 0.5) is 18.9 Å². The number of hydrogen-bond acceptors (Lipinski definition) is 1. The topological polar surface area (TPSA) is 12.0 Å². The number of anilines is 1. The van der Waals surface area contributed by atoms with Gasteiger partial charge in [-0.2, -0.15) is 13.2 Å². The van der Waals surface area contributed by atoms with Gasteiger partial charge in [-0.05, 0) is 43.4 Å². The van der Waals surface area contributed by atoms with Crippen molar-refractivity contribution in [1.29, 1.82) is 0 Å². The first kappa shape index (κ1) is 13.2. The van der Waals surface area contributed by atoms with Crippen LogP contribution in [0.2, 0.25) is 0 Å². The molecule has 1 aliphatic heterocycles. The molecule has 1 heterocycles. The Morgan fingerprint density at radius 1 is 1.11 bits per heavy atom. The molecule has 1 aliphatic rings. The first-order valence-corrected chi connectivity index (χ1v) is 6.01. The van der Waals surface area contributed by atoms with Crippen LogP contribution in [0.25, 0.3) is 0 Å². The van der Waals surface area contributed by atoms with E-state index in [2.05, 4.69) is 19.2 Å². The minimum atomic E-state index is -4.29. The van der Waals surface area contributed by atoms with Crippen molar-refractivity contribution >= 4 is 5.69 Å². The van der Waals surface area contributed by atoms with E-state index in [1.807, 2.05) is 13.8 Å². The molecule has 0 aromatic heterocycles. The lowest BCUT2D eigenvalue weighted by Crippen LogP contribution is -2.43. The Morgan fingerprint density at radius 3 is 2.28 bits per heavy atom. The van der Waals surface area contributed by atoms with Gasteiger partial charge in [-0.1, -0.05) is 19.9 Å². The molecule has 0 amide bonds. The van der Waals surface area contributed by atoms with E-state index in [4.69, 9.17) is 0 Å². The molecule has 0 unspecified atom stereocenters. The van der Waals surface area contributed by atoms with Gasteiger partial charge in [0.25, 0.3) is 0 Å². The maximum Gasteiger partial charge on any atom is 0.416 e. The third kappa shape index (κ3) is 2.33. The highest BCUT2D eigenvalue weighted by Crippen LogP contribution is 2.44. The van der Waals surface area contributed by atoms with Gasteiger partial charge in [-0.3, -0.25) is 0 Å². The zero-order valence-corrected chi connectivity index (χ0v) is 11.1. The summed E-state index contributed by atoms with van der Waals surface area (Å²) in [4.78, 5) is 0. The molecule has 1 aromatic carbocycles. The van der Waals surface area contributed by atoms with Gasteiger partial charge in [0.15, 0.2) is 0 Å². The first-order valence-electron chi connectivity index (χ1n) is 6.01. The average Bonchev–Trinajstić information content (AvgIpc) is 2.11. The quantitative estimate of drug-likeness (QED) is 0.717. The van der Waals surface area contributed by atoms with Gasteiger partial charge < -0.3 is 5.32 Å². The molecule has 0 saturated carbocycles. The zero-order chi connectivity index (χ0) is 13.8. The Hall–Kier alpha value is -1.19. The van der Waals surface area contributed by atoms with Gasteiger partial charge in [0.1, 0.15) is 0 Å². The first-order chi connectivity index (χ1) is 8.01. The lowest BCUT2D eigenvalue weighted by atomic mass is 9.71. The molecule has 0 fully saturated rings. The van der Waals surface area contributed by atoms with Crippen LogP contribution < -0.4 is 5.32 Å². The van der Waals surface area contributed by atoms with Gasteiger partial charge in [-0.15, -0.1) is 0 Å². The van der Waals surface area contributed by atoms with Crippen LogP contribution in [0.15, 0.2) is 18.2 Å². The number of rotatable bonds is 0. The van der Waals surface area contributed by atoms with Crippen molar-refractivity contribution in [3.63, 3.8) is 0 Å². The van der Waals surface area contributed by atoms with E-state index < -0.39 is 11.7 Å². The normalized spacial score (nSPS) is 21.1. The van der Waals surface area contributed by atoms with Crippen molar-refractivity contribution < 1.29 is 13.2 Å². The number of fused-ring (bicyclic) bond motifs is 1. The molecule has 18 heavy (non-hydrogen) atoms. The molecule has 1 aromatic rings. The molecular formula is C14H18F3N. The van der Waals surface area contributed by atoms with Gasteiger partial charge in [0.05, 0.1) is 5.56 Å². The summed E-state index contributed by atoms with van der Waals surface area (Å²) in [6.07, 6.45) is -3.40. The lowest BCUT2D eigenvalue weighted by Gasteiger charge is -2.43. The molecule has 1 N–H and O–H groups in total. The highest BCUT2D eigenvalue weighted by molar-refractivity contribution is 5.60. The number of benzene rings is 1. The third-order valence-corrected chi connectivity index (χ3v) is 3.43. The fourth-order valence-corrected chi connectivity index (χ4v) is 3.02. The highest BCUT2D eigenvalue weighted by atomic mass is 19.4. The standard InChI is InChI=1S/C14H18F3N/c1-12(2)8-13(3,4)18-11-7-9(14(15,16)17)5-6-10(11)12/h5-7,18H,8H2,1-4H3. The predicted octanol–water partition coefficient (Wildman–Crippen LogP) is 4.58. The maximum absolute atomic E-state index is 12.7. The summed E-state index contributed by atoms with van der Waals surface area (Å²) < 4.78 is 38.1. The number of nitrogens with one attached hydrogen (secondary N) is 1. The second-order valence-electron chi connectivity index (χ2n) is 6.33. The van der Waals surface area contributed by atoms with E-state index in [-0.39, 0.29) is 11.0 Å². The van der Waals surface area contributed by atoms with Crippen LogP contribution in [-0.4, -0.2) is 5.54 Å². The van der Waals surface area contributed by atoms with E-state index in [0.29, 0.717) is 5.69 Å². The monoisotopic (exact) mass is 257 g/mol. The molecule has 0 saturated heterocycles. The largest absolute Gasteiger partial charge is 0.416 e. The van der Waals surface area contributed by atoms with Crippen molar-refractivity contribution in [2.75, 3.05) is 5.32 Å². The zero-order valence-electron chi connectivity index (χ0n) is 11.1. The molecule has 1 nitrogen and oxygen atoms in total. The summed E-state index contributed by atoms with van der Waals surface area (Å²) >= 11 is 0. The number of hydrogen-bond donors (Lipinski definition) is 1. The molecule has 2 rings (SSSR count). The van der Waals surface area contributed by atoms with E-state index >= 15 is 0 Å². The van der Waals surface area contributed by atoms with Gasteiger partial charge in [0.2, 0.25) is 0 Å². The van der Waals surface area contributed by atoms with Crippen molar-refractivity contribution in [2.45, 2.75) is 51.2 Å². The second kappa shape index (κ2) is 3.65. The summed E-state index contributed by atoms with van der Waals surface area (Å²) in [5.41, 5.74) is 0.651. The molecule has 0 bridgehead atoms. The summed E-state index contributed by atoms with van der Waals surface area (Å²) in [5.74, 6) is 0. The van der Waals surface area contributed by atoms with Gasteiger partial charge in [-0.25, -0.2) is 0 Å². The fraction of sp³-hybridized carbons (Fsp3) is 0.571. The van der Waals surface area contributed by atoms with E-state index in [0.717, 1.165) is 12.0 Å². The van der Waals surface area contributed by atoms with Crippen LogP contribution in [0.1, 0.15) is 45.2 Å². The van der Waals surface area contributed by atoms with Crippen LogP contribution in [-0.2, 0) is 11.6 Å². The van der Waals surface area contributed by atoms with Crippen LogP contribution in [0, 0.1) is 0 Å². The minimum absolute atomic E-state index is 0.117. The fourth-order valence-electron chi connectivity index (χ4n) is 3.02. The number of halogens is 3. The molecule has 0 aliphatic carbocycles. The van der Waals surface area contributed by atoms with Crippen molar-refractivity contribution in [3.05, 3.63) is 29.3 Å². The smallest absolute Gasteiger partial charge is 0.380 e. The molecular weight excluding hydrogens is 239 g/mol. The molecule has 0 radical (unpaired) electrons. The Bertz CT molecular complexity index is 472. The Balaban J connectivity index is 2.54. The molecule has 0 spiro atoms. The van der Waals surface area contributed by atoms with Crippen LogP contribution in [0.5, 0.6) is 0 Å².